The number of carboxylic acids is 1. The summed E-state index contributed by atoms with van der Waals surface area (Å²) in [6.45, 7) is 6.84. The second kappa shape index (κ2) is 9.61. The normalized spacial score (nSPS) is 13.7. The maximum Gasteiger partial charge on any atom is 0.317 e. The summed E-state index contributed by atoms with van der Waals surface area (Å²) in [5.41, 5.74) is 0. The molecule has 2 atom stereocenters. The van der Waals surface area contributed by atoms with Gasteiger partial charge in [-0.2, -0.15) is 0 Å². The lowest BCUT2D eigenvalue weighted by Crippen LogP contribution is -2.49. The van der Waals surface area contributed by atoms with Crippen LogP contribution in [0.2, 0.25) is 0 Å². The molecule has 0 spiro atoms. The van der Waals surface area contributed by atoms with Crippen molar-refractivity contribution in [1.82, 2.24) is 10.2 Å². The lowest BCUT2D eigenvalue weighted by atomic mass is 10.1. The highest BCUT2D eigenvalue weighted by Gasteiger charge is 2.19. The van der Waals surface area contributed by atoms with E-state index in [4.69, 9.17) is 9.84 Å². The maximum absolute atomic E-state index is 12.0. The summed E-state index contributed by atoms with van der Waals surface area (Å²) >= 11 is 0. The molecule has 0 fully saturated rings. The first kappa shape index (κ1) is 17.7. The highest BCUT2D eigenvalue weighted by atomic mass is 16.5. The van der Waals surface area contributed by atoms with Crippen molar-refractivity contribution in [2.75, 3.05) is 20.3 Å². The molecule has 2 N–H and O–H groups in total. The third kappa shape index (κ3) is 7.66. The van der Waals surface area contributed by atoms with Crippen LogP contribution in [-0.4, -0.2) is 54.4 Å². The topological polar surface area (TPSA) is 78.9 Å². The van der Waals surface area contributed by atoms with Crippen molar-refractivity contribution < 1.29 is 19.4 Å². The number of amides is 2. The minimum Gasteiger partial charge on any atom is -0.481 e. The average molecular weight is 274 g/mol. The molecule has 112 valence electrons. The van der Waals surface area contributed by atoms with Crippen LogP contribution in [0, 0.1) is 0 Å². The molecule has 0 radical (unpaired) electrons. The van der Waals surface area contributed by atoms with Crippen LogP contribution in [0.15, 0.2) is 0 Å². The van der Waals surface area contributed by atoms with E-state index in [2.05, 4.69) is 5.32 Å². The number of aliphatic carboxylic acids is 1. The van der Waals surface area contributed by atoms with Crippen molar-refractivity contribution in [3.63, 3.8) is 0 Å². The average Bonchev–Trinajstić information content (AvgIpc) is 2.29. The number of carbonyl (C=O) groups is 2. The van der Waals surface area contributed by atoms with E-state index in [0.717, 1.165) is 0 Å². The van der Waals surface area contributed by atoms with Crippen molar-refractivity contribution in [2.24, 2.45) is 0 Å². The molecule has 0 aromatic heterocycles. The Labute approximate surface area is 115 Å². The number of urea groups is 1. The van der Waals surface area contributed by atoms with Crippen LogP contribution in [0.3, 0.4) is 0 Å². The molecule has 0 bridgehead atoms. The summed E-state index contributed by atoms with van der Waals surface area (Å²) < 4.78 is 5.05. The summed E-state index contributed by atoms with van der Waals surface area (Å²) in [5.74, 6) is -0.803. The lowest BCUT2D eigenvalue weighted by molar-refractivity contribution is -0.137. The van der Waals surface area contributed by atoms with E-state index < -0.39 is 5.97 Å². The van der Waals surface area contributed by atoms with Gasteiger partial charge in [0.15, 0.2) is 0 Å². The maximum atomic E-state index is 12.0. The third-order valence-electron chi connectivity index (χ3n) is 2.94. The van der Waals surface area contributed by atoms with Crippen molar-refractivity contribution in [2.45, 2.75) is 52.1 Å². The molecular weight excluding hydrogens is 248 g/mol. The highest BCUT2D eigenvalue weighted by molar-refractivity contribution is 5.74. The zero-order chi connectivity index (χ0) is 14.8. The van der Waals surface area contributed by atoms with Crippen LogP contribution in [0.25, 0.3) is 0 Å². The van der Waals surface area contributed by atoms with Gasteiger partial charge in [-0.1, -0.05) is 0 Å². The summed E-state index contributed by atoms with van der Waals surface area (Å²) in [7, 11) is 1.61. The van der Waals surface area contributed by atoms with Crippen LogP contribution < -0.4 is 5.32 Å². The molecule has 19 heavy (non-hydrogen) atoms. The number of likely N-dealkylation sites (N-methyl/N-ethyl adjacent to an activating group) is 1. The number of rotatable bonds is 9. The Morgan fingerprint density at radius 2 is 2.00 bits per heavy atom. The molecular formula is C13H26N2O4. The second-order valence-electron chi connectivity index (χ2n) is 4.73. The Hall–Kier alpha value is -1.30. The molecule has 0 aliphatic heterocycles. The van der Waals surface area contributed by atoms with Crippen LogP contribution in [0.5, 0.6) is 0 Å². The monoisotopic (exact) mass is 274 g/mol. The number of nitrogens with zero attached hydrogens (tertiary/aromatic N) is 1. The van der Waals surface area contributed by atoms with Gasteiger partial charge in [-0.05, 0) is 33.6 Å². The molecule has 6 heteroatoms. The quantitative estimate of drug-likeness (QED) is 0.670. The van der Waals surface area contributed by atoms with Gasteiger partial charge in [0.25, 0.3) is 0 Å². The molecule has 0 heterocycles. The Kier molecular flexibility index (Phi) is 8.95. The van der Waals surface area contributed by atoms with E-state index in [-0.39, 0.29) is 24.5 Å². The van der Waals surface area contributed by atoms with E-state index >= 15 is 0 Å². The number of carbonyl (C=O) groups excluding carboxylic acids is 1. The second-order valence-corrected chi connectivity index (χ2v) is 4.73. The molecule has 0 saturated heterocycles. The zero-order valence-corrected chi connectivity index (χ0v) is 12.3. The van der Waals surface area contributed by atoms with E-state index in [1.54, 1.807) is 12.0 Å². The number of ether oxygens (including phenoxy) is 1. The Bertz CT molecular complexity index is 284. The SMILES string of the molecule is CCN(C(=O)NC(C)CCCC(=O)O)C(C)COC. The predicted molar refractivity (Wildman–Crippen MR) is 73.2 cm³/mol. The third-order valence-corrected chi connectivity index (χ3v) is 2.94. The predicted octanol–water partition coefficient (Wildman–Crippen LogP) is 1.70. The van der Waals surface area contributed by atoms with Gasteiger partial charge in [-0.3, -0.25) is 4.79 Å². The summed E-state index contributed by atoms with van der Waals surface area (Å²) in [5, 5.41) is 11.4. The Morgan fingerprint density at radius 3 is 2.47 bits per heavy atom. The summed E-state index contributed by atoms with van der Waals surface area (Å²) in [4.78, 5) is 24.2. The standard InChI is InChI=1S/C13H26N2O4/c1-5-15(11(3)9-19-4)13(18)14-10(2)7-6-8-12(16)17/h10-11H,5-9H2,1-4H3,(H,14,18)(H,16,17). The lowest BCUT2D eigenvalue weighted by Gasteiger charge is -2.29. The van der Waals surface area contributed by atoms with Crippen molar-refractivity contribution in [1.29, 1.82) is 0 Å². The fourth-order valence-corrected chi connectivity index (χ4v) is 1.91. The van der Waals surface area contributed by atoms with E-state index in [0.29, 0.717) is 26.0 Å². The van der Waals surface area contributed by atoms with E-state index in [1.165, 1.54) is 0 Å². The first-order valence-electron chi connectivity index (χ1n) is 6.70. The summed E-state index contributed by atoms with van der Waals surface area (Å²) in [6.07, 6.45) is 1.36. The first-order valence-corrected chi connectivity index (χ1v) is 6.70. The van der Waals surface area contributed by atoms with Crippen LogP contribution in [-0.2, 0) is 9.53 Å². The number of carboxylic acid groups (broad SMARTS) is 1. The van der Waals surface area contributed by atoms with E-state index in [9.17, 15) is 9.59 Å². The fourth-order valence-electron chi connectivity index (χ4n) is 1.91. The molecule has 0 rings (SSSR count). The molecule has 0 aliphatic rings. The van der Waals surface area contributed by atoms with Gasteiger partial charge < -0.3 is 20.1 Å². The van der Waals surface area contributed by atoms with Crippen LogP contribution in [0.4, 0.5) is 4.79 Å². The molecule has 0 aromatic rings. The molecule has 0 saturated carbocycles. The van der Waals surface area contributed by atoms with Gasteiger partial charge in [0.2, 0.25) is 0 Å². The van der Waals surface area contributed by atoms with Crippen molar-refractivity contribution >= 4 is 12.0 Å². The van der Waals surface area contributed by atoms with Gasteiger partial charge >= 0.3 is 12.0 Å². The minimum absolute atomic E-state index is 0.0150. The van der Waals surface area contributed by atoms with E-state index in [1.807, 2.05) is 20.8 Å². The smallest absolute Gasteiger partial charge is 0.317 e. The summed E-state index contributed by atoms with van der Waals surface area (Å²) in [6, 6.07) is -0.147. The largest absolute Gasteiger partial charge is 0.481 e. The molecule has 0 aliphatic carbocycles. The van der Waals surface area contributed by atoms with Crippen molar-refractivity contribution in [3.05, 3.63) is 0 Å². The van der Waals surface area contributed by atoms with Crippen LogP contribution in [0.1, 0.15) is 40.0 Å². The van der Waals surface area contributed by atoms with Gasteiger partial charge in [-0.25, -0.2) is 4.79 Å². The van der Waals surface area contributed by atoms with Gasteiger partial charge in [0.1, 0.15) is 0 Å². The Morgan fingerprint density at radius 1 is 1.37 bits per heavy atom. The number of hydrogen-bond acceptors (Lipinski definition) is 3. The van der Waals surface area contributed by atoms with Gasteiger partial charge in [-0.15, -0.1) is 0 Å². The molecule has 6 nitrogen and oxygen atoms in total. The number of methoxy groups -OCH3 is 1. The van der Waals surface area contributed by atoms with Crippen LogP contribution >= 0.6 is 0 Å². The number of hydrogen-bond donors (Lipinski definition) is 2. The minimum atomic E-state index is -0.803. The van der Waals surface area contributed by atoms with Gasteiger partial charge in [0, 0.05) is 26.1 Å². The highest BCUT2D eigenvalue weighted by Crippen LogP contribution is 2.04. The number of nitrogens with one attached hydrogen (secondary N) is 1. The first-order chi connectivity index (χ1) is 8.92. The molecule has 0 aromatic carbocycles. The molecule has 2 unspecified atom stereocenters. The molecule has 2 amide bonds. The zero-order valence-electron chi connectivity index (χ0n) is 12.3. The van der Waals surface area contributed by atoms with Crippen molar-refractivity contribution in [3.8, 4) is 0 Å². The fraction of sp³-hybridized carbons (Fsp3) is 0.846. The van der Waals surface area contributed by atoms with Gasteiger partial charge in [0.05, 0.1) is 12.6 Å². The Balaban J connectivity index is 4.13.